The standard InChI is InChI=1S/C21H31N5O2.HI/c1-2-22-21(23-10-6-11-28-20-9-12-27-17-20)24-13-19-14-25-26(16-19)15-18-7-4-3-5-8-18;/h3-5,7-8,14,16,20H,2,6,9-13,15,17H2,1H3,(H2,22,23,24);1H. The van der Waals surface area contributed by atoms with Crippen molar-refractivity contribution >= 4 is 29.9 Å². The molecule has 1 aromatic heterocycles. The molecule has 0 amide bonds. The van der Waals surface area contributed by atoms with Crippen molar-refractivity contribution in [3.63, 3.8) is 0 Å². The molecule has 0 spiro atoms. The molecule has 0 bridgehead atoms. The zero-order chi connectivity index (χ0) is 19.4. The van der Waals surface area contributed by atoms with Crippen LogP contribution in [0.25, 0.3) is 0 Å². The van der Waals surface area contributed by atoms with Crippen LogP contribution < -0.4 is 10.6 Å². The van der Waals surface area contributed by atoms with Gasteiger partial charge in [-0.3, -0.25) is 4.68 Å². The highest BCUT2D eigenvalue weighted by atomic mass is 127. The van der Waals surface area contributed by atoms with Crippen molar-refractivity contribution in [1.82, 2.24) is 20.4 Å². The Bertz CT molecular complexity index is 717. The second-order valence-corrected chi connectivity index (χ2v) is 6.86. The summed E-state index contributed by atoms with van der Waals surface area (Å²) in [7, 11) is 0. The lowest BCUT2D eigenvalue weighted by Crippen LogP contribution is -2.38. The van der Waals surface area contributed by atoms with Gasteiger partial charge in [-0.1, -0.05) is 30.3 Å². The van der Waals surface area contributed by atoms with Gasteiger partial charge in [-0.25, -0.2) is 4.99 Å². The first-order chi connectivity index (χ1) is 13.8. The van der Waals surface area contributed by atoms with Crippen LogP contribution >= 0.6 is 24.0 Å². The Labute approximate surface area is 190 Å². The minimum atomic E-state index is 0. The lowest BCUT2D eigenvalue weighted by molar-refractivity contribution is 0.0420. The number of hydrogen-bond acceptors (Lipinski definition) is 4. The summed E-state index contributed by atoms with van der Waals surface area (Å²) in [5.74, 6) is 0.822. The second-order valence-electron chi connectivity index (χ2n) is 6.86. The molecule has 1 fully saturated rings. The summed E-state index contributed by atoms with van der Waals surface area (Å²) in [6.45, 7) is 7.39. The van der Waals surface area contributed by atoms with Crippen LogP contribution in [0.3, 0.4) is 0 Å². The minimum Gasteiger partial charge on any atom is -0.379 e. The lowest BCUT2D eigenvalue weighted by Gasteiger charge is -2.12. The monoisotopic (exact) mass is 513 g/mol. The molecule has 1 atom stereocenters. The summed E-state index contributed by atoms with van der Waals surface area (Å²) in [6, 6.07) is 10.3. The third-order valence-electron chi connectivity index (χ3n) is 4.49. The zero-order valence-electron chi connectivity index (χ0n) is 17.0. The maximum absolute atomic E-state index is 5.79. The Hall–Kier alpha value is -1.65. The average molecular weight is 513 g/mol. The number of aromatic nitrogens is 2. The predicted octanol–water partition coefficient (Wildman–Crippen LogP) is 2.80. The molecular weight excluding hydrogens is 481 g/mol. The number of aliphatic imine (C=N–C) groups is 1. The number of benzene rings is 1. The van der Waals surface area contributed by atoms with E-state index in [9.17, 15) is 0 Å². The van der Waals surface area contributed by atoms with Gasteiger partial charge in [-0.05, 0) is 25.3 Å². The number of ether oxygens (including phenoxy) is 2. The van der Waals surface area contributed by atoms with Crippen LogP contribution in [0.5, 0.6) is 0 Å². The molecule has 0 saturated carbocycles. The van der Waals surface area contributed by atoms with E-state index in [2.05, 4.69) is 46.0 Å². The number of hydrogen-bond donors (Lipinski definition) is 2. The van der Waals surface area contributed by atoms with E-state index in [1.54, 1.807) is 0 Å². The predicted molar refractivity (Wildman–Crippen MR) is 126 cm³/mol. The fourth-order valence-electron chi connectivity index (χ4n) is 3.03. The van der Waals surface area contributed by atoms with E-state index in [4.69, 9.17) is 9.47 Å². The van der Waals surface area contributed by atoms with Gasteiger partial charge >= 0.3 is 0 Å². The smallest absolute Gasteiger partial charge is 0.191 e. The van der Waals surface area contributed by atoms with E-state index in [1.807, 2.05) is 29.1 Å². The van der Waals surface area contributed by atoms with Crippen LogP contribution in [-0.2, 0) is 22.6 Å². The Morgan fingerprint density at radius 3 is 2.90 bits per heavy atom. The first kappa shape index (κ1) is 23.6. The highest BCUT2D eigenvalue weighted by Gasteiger charge is 2.15. The lowest BCUT2D eigenvalue weighted by atomic mass is 10.2. The molecule has 1 unspecified atom stereocenters. The molecule has 160 valence electrons. The quantitative estimate of drug-likeness (QED) is 0.221. The van der Waals surface area contributed by atoms with Crippen LogP contribution in [0.4, 0.5) is 0 Å². The molecule has 1 aliphatic heterocycles. The summed E-state index contributed by atoms with van der Waals surface area (Å²) < 4.78 is 13.1. The van der Waals surface area contributed by atoms with Crippen molar-refractivity contribution in [1.29, 1.82) is 0 Å². The van der Waals surface area contributed by atoms with Crippen molar-refractivity contribution in [2.24, 2.45) is 4.99 Å². The summed E-state index contributed by atoms with van der Waals surface area (Å²) in [4.78, 5) is 4.66. The second kappa shape index (κ2) is 13.6. The Balaban J connectivity index is 0.00000300. The van der Waals surface area contributed by atoms with Crippen molar-refractivity contribution in [3.05, 3.63) is 53.9 Å². The Kier molecular flexibility index (Phi) is 11.0. The Morgan fingerprint density at radius 1 is 1.28 bits per heavy atom. The first-order valence-electron chi connectivity index (χ1n) is 10.1. The molecular formula is C21H32IN5O2. The molecule has 1 saturated heterocycles. The van der Waals surface area contributed by atoms with E-state index in [-0.39, 0.29) is 30.1 Å². The van der Waals surface area contributed by atoms with Gasteiger partial charge in [0.1, 0.15) is 0 Å². The molecule has 7 nitrogen and oxygen atoms in total. The fraction of sp³-hybridized carbons (Fsp3) is 0.524. The number of guanidine groups is 1. The SMILES string of the molecule is CCNC(=NCc1cnn(Cc2ccccc2)c1)NCCCOC1CCOC1.I. The number of halogens is 1. The number of rotatable bonds is 10. The molecule has 0 radical (unpaired) electrons. The van der Waals surface area contributed by atoms with Crippen molar-refractivity contribution in [2.75, 3.05) is 32.9 Å². The molecule has 2 N–H and O–H groups in total. The summed E-state index contributed by atoms with van der Waals surface area (Å²) in [5.41, 5.74) is 2.33. The van der Waals surface area contributed by atoms with Crippen LogP contribution in [0.15, 0.2) is 47.7 Å². The highest BCUT2D eigenvalue weighted by molar-refractivity contribution is 14.0. The maximum Gasteiger partial charge on any atom is 0.191 e. The number of nitrogens with one attached hydrogen (secondary N) is 2. The van der Waals surface area contributed by atoms with Gasteiger partial charge in [-0.2, -0.15) is 5.10 Å². The van der Waals surface area contributed by atoms with Crippen molar-refractivity contribution in [3.8, 4) is 0 Å². The van der Waals surface area contributed by atoms with E-state index in [1.165, 1.54) is 5.56 Å². The normalized spacial score (nSPS) is 16.4. The minimum absolute atomic E-state index is 0. The maximum atomic E-state index is 5.79. The molecule has 1 aliphatic rings. The van der Waals surface area contributed by atoms with Crippen LogP contribution in [-0.4, -0.2) is 54.8 Å². The molecule has 8 heteroatoms. The van der Waals surface area contributed by atoms with Gasteiger partial charge in [0.05, 0.1) is 32.0 Å². The first-order valence-corrected chi connectivity index (χ1v) is 10.1. The highest BCUT2D eigenvalue weighted by Crippen LogP contribution is 2.08. The van der Waals surface area contributed by atoms with E-state index >= 15 is 0 Å². The topological polar surface area (TPSA) is 72.7 Å². The van der Waals surface area contributed by atoms with Gasteiger partial charge in [-0.15, -0.1) is 24.0 Å². The molecule has 29 heavy (non-hydrogen) atoms. The Morgan fingerprint density at radius 2 is 2.14 bits per heavy atom. The van der Waals surface area contributed by atoms with Crippen molar-refractivity contribution < 1.29 is 9.47 Å². The van der Waals surface area contributed by atoms with Gasteiger partial charge in [0.2, 0.25) is 0 Å². The fourth-order valence-corrected chi connectivity index (χ4v) is 3.03. The third kappa shape index (κ3) is 8.71. The molecule has 2 aromatic rings. The van der Waals surface area contributed by atoms with Gasteiger partial charge in [0, 0.05) is 38.1 Å². The van der Waals surface area contributed by atoms with E-state index in [0.29, 0.717) is 6.54 Å². The van der Waals surface area contributed by atoms with Crippen LogP contribution in [0, 0.1) is 0 Å². The molecule has 0 aliphatic carbocycles. The van der Waals surface area contributed by atoms with Crippen molar-refractivity contribution in [2.45, 2.75) is 39.0 Å². The van der Waals surface area contributed by atoms with Crippen LogP contribution in [0.2, 0.25) is 0 Å². The zero-order valence-corrected chi connectivity index (χ0v) is 19.4. The average Bonchev–Trinajstić information content (AvgIpc) is 3.39. The largest absolute Gasteiger partial charge is 0.379 e. The van der Waals surface area contributed by atoms with E-state index < -0.39 is 0 Å². The van der Waals surface area contributed by atoms with E-state index in [0.717, 1.165) is 63.8 Å². The van der Waals surface area contributed by atoms with Gasteiger partial charge in [0.25, 0.3) is 0 Å². The third-order valence-corrected chi connectivity index (χ3v) is 4.49. The van der Waals surface area contributed by atoms with Gasteiger partial charge in [0.15, 0.2) is 5.96 Å². The summed E-state index contributed by atoms with van der Waals surface area (Å²) in [5, 5.41) is 11.1. The number of nitrogens with zero attached hydrogens (tertiary/aromatic N) is 3. The summed E-state index contributed by atoms with van der Waals surface area (Å²) >= 11 is 0. The summed E-state index contributed by atoms with van der Waals surface area (Å²) in [6.07, 6.45) is 6.16. The van der Waals surface area contributed by atoms with Gasteiger partial charge < -0.3 is 20.1 Å². The molecule has 1 aromatic carbocycles. The van der Waals surface area contributed by atoms with Crippen LogP contribution in [0.1, 0.15) is 30.9 Å². The molecule has 3 rings (SSSR count). The molecule has 2 heterocycles.